The first-order valence-corrected chi connectivity index (χ1v) is 9.44. The van der Waals surface area contributed by atoms with Crippen molar-refractivity contribution >= 4 is 29.8 Å². The summed E-state index contributed by atoms with van der Waals surface area (Å²) < 4.78 is 10.4. The molecule has 0 aromatic heterocycles. The second-order valence-corrected chi connectivity index (χ2v) is 6.83. The molecule has 1 atom stereocenters. The Balaban J connectivity index is 1.96. The third kappa shape index (κ3) is 5.79. The van der Waals surface area contributed by atoms with Gasteiger partial charge in [0.05, 0.1) is 0 Å². The topological polar surface area (TPSA) is 128 Å². The second kappa shape index (κ2) is 9.86. The lowest BCUT2D eigenvalue weighted by atomic mass is 10.1. The van der Waals surface area contributed by atoms with Crippen LogP contribution in [0.5, 0.6) is 5.75 Å². The van der Waals surface area contributed by atoms with Crippen LogP contribution < -0.4 is 10.1 Å². The van der Waals surface area contributed by atoms with Crippen molar-refractivity contribution < 1.29 is 38.3 Å². The number of imide groups is 1. The fraction of sp³-hybridized carbons (Fsp3) is 0.450. The first kappa shape index (κ1) is 22.9. The molecule has 2 rings (SSSR count). The molecular weight excluding hydrogens is 396 g/mol. The highest BCUT2D eigenvalue weighted by Gasteiger charge is 2.33. The van der Waals surface area contributed by atoms with E-state index < -0.39 is 30.0 Å². The molecule has 30 heavy (non-hydrogen) atoms. The van der Waals surface area contributed by atoms with Gasteiger partial charge in [0, 0.05) is 19.3 Å². The largest absolute Gasteiger partial charge is 0.534 e. The summed E-state index contributed by atoms with van der Waals surface area (Å²) in [4.78, 5) is 62.9. The molecule has 1 saturated heterocycles. The van der Waals surface area contributed by atoms with Gasteiger partial charge in [-0.1, -0.05) is 12.0 Å². The lowest BCUT2D eigenvalue weighted by Gasteiger charge is -2.17. The molecule has 1 aromatic carbocycles. The summed E-state index contributed by atoms with van der Waals surface area (Å²) in [6.45, 7) is 6.47. The van der Waals surface area contributed by atoms with Gasteiger partial charge < -0.3 is 14.8 Å². The summed E-state index contributed by atoms with van der Waals surface area (Å²) in [5.41, 5.74) is 1.83. The van der Waals surface area contributed by atoms with Crippen LogP contribution in [0.1, 0.15) is 49.8 Å². The van der Waals surface area contributed by atoms with Crippen LogP contribution in [0.2, 0.25) is 0 Å². The Morgan fingerprint density at radius 2 is 1.67 bits per heavy atom. The standard InChI is InChI=1S/C20H24N2O8/c1-5-15(23)21-13(4)19(26)29-18-11(2)8-14(9-12(18)3)10-28-20(27)30-22-16(24)6-7-17(22)25/h8-9,13H,5-7,10H2,1-4H3,(H,21,23). The van der Waals surface area contributed by atoms with Crippen LogP contribution in [-0.2, 0) is 35.4 Å². The number of hydrogen-bond donors (Lipinski definition) is 1. The fourth-order valence-corrected chi connectivity index (χ4v) is 2.78. The first-order chi connectivity index (χ1) is 14.1. The van der Waals surface area contributed by atoms with Crippen LogP contribution in [0.3, 0.4) is 0 Å². The molecule has 1 aromatic rings. The quantitative estimate of drug-likeness (QED) is 0.402. The molecule has 0 bridgehead atoms. The lowest BCUT2D eigenvalue weighted by Crippen LogP contribution is -2.40. The van der Waals surface area contributed by atoms with Crippen LogP contribution in [-0.4, -0.2) is 41.0 Å². The number of carbonyl (C=O) groups excluding carboxylic acids is 5. The number of hydroxylamine groups is 2. The monoisotopic (exact) mass is 420 g/mol. The molecule has 1 fully saturated rings. The number of ether oxygens (including phenoxy) is 2. The minimum Gasteiger partial charge on any atom is -0.428 e. The van der Waals surface area contributed by atoms with E-state index >= 15 is 0 Å². The Kier molecular flexibility index (Phi) is 7.51. The molecule has 10 heteroatoms. The fourth-order valence-electron chi connectivity index (χ4n) is 2.78. The Morgan fingerprint density at radius 3 is 2.20 bits per heavy atom. The van der Waals surface area contributed by atoms with Crippen molar-refractivity contribution in [3.05, 3.63) is 28.8 Å². The number of nitrogens with one attached hydrogen (secondary N) is 1. The molecule has 0 spiro atoms. The Bertz CT molecular complexity index is 841. The van der Waals surface area contributed by atoms with Gasteiger partial charge in [0.1, 0.15) is 18.4 Å². The number of aryl methyl sites for hydroxylation is 2. The highest BCUT2D eigenvalue weighted by atomic mass is 16.8. The number of rotatable bonds is 7. The van der Waals surface area contributed by atoms with E-state index in [-0.39, 0.29) is 31.8 Å². The maximum atomic E-state index is 12.2. The summed E-state index contributed by atoms with van der Waals surface area (Å²) in [6, 6.07) is 2.51. The number of hydrogen-bond acceptors (Lipinski definition) is 8. The normalized spacial score (nSPS) is 14.3. The average molecular weight is 420 g/mol. The van der Waals surface area contributed by atoms with Crippen LogP contribution in [0, 0.1) is 13.8 Å². The van der Waals surface area contributed by atoms with Gasteiger partial charge in [-0.3, -0.25) is 19.2 Å². The zero-order valence-electron chi connectivity index (χ0n) is 17.3. The van der Waals surface area contributed by atoms with E-state index in [9.17, 15) is 24.0 Å². The van der Waals surface area contributed by atoms with Gasteiger partial charge in [-0.05, 0) is 49.6 Å². The minimum atomic E-state index is -1.18. The highest BCUT2D eigenvalue weighted by Crippen LogP contribution is 2.26. The first-order valence-electron chi connectivity index (χ1n) is 9.44. The van der Waals surface area contributed by atoms with Crippen LogP contribution in [0.15, 0.2) is 12.1 Å². The third-order valence-electron chi connectivity index (χ3n) is 4.30. The maximum Gasteiger partial charge on any atom is 0.534 e. The van der Waals surface area contributed by atoms with E-state index in [1.165, 1.54) is 6.92 Å². The molecule has 10 nitrogen and oxygen atoms in total. The molecule has 1 heterocycles. The van der Waals surface area contributed by atoms with Gasteiger partial charge in [0.15, 0.2) is 0 Å². The van der Waals surface area contributed by atoms with Gasteiger partial charge in [0.25, 0.3) is 11.8 Å². The van der Waals surface area contributed by atoms with Crippen molar-refractivity contribution in [1.29, 1.82) is 0 Å². The average Bonchev–Trinajstić information content (AvgIpc) is 3.00. The van der Waals surface area contributed by atoms with Crippen LogP contribution in [0.4, 0.5) is 4.79 Å². The second-order valence-electron chi connectivity index (χ2n) is 6.83. The Labute approximate surface area is 173 Å². The van der Waals surface area contributed by atoms with Gasteiger partial charge in [-0.2, -0.15) is 0 Å². The molecule has 0 saturated carbocycles. The van der Waals surface area contributed by atoms with E-state index in [1.807, 2.05) is 0 Å². The molecule has 3 amide bonds. The smallest absolute Gasteiger partial charge is 0.428 e. The minimum absolute atomic E-state index is 0.00850. The molecule has 162 valence electrons. The van der Waals surface area contributed by atoms with E-state index in [4.69, 9.17) is 9.47 Å². The summed E-state index contributed by atoms with van der Waals surface area (Å²) in [6.07, 6.45) is -0.936. The molecule has 0 aliphatic carbocycles. The van der Waals surface area contributed by atoms with E-state index in [0.29, 0.717) is 27.5 Å². The van der Waals surface area contributed by atoms with Crippen LogP contribution in [0.25, 0.3) is 0 Å². The van der Waals surface area contributed by atoms with Crippen molar-refractivity contribution in [1.82, 2.24) is 10.4 Å². The van der Waals surface area contributed by atoms with Crippen LogP contribution >= 0.6 is 0 Å². The maximum absolute atomic E-state index is 12.2. The van der Waals surface area contributed by atoms with Crippen molar-refractivity contribution in [2.24, 2.45) is 0 Å². The Hall–Kier alpha value is -3.43. The predicted molar refractivity (Wildman–Crippen MR) is 102 cm³/mol. The van der Waals surface area contributed by atoms with Gasteiger partial charge in [-0.15, -0.1) is 0 Å². The summed E-state index contributed by atoms with van der Waals surface area (Å²) in [7, 11) is 0. The highest BCUT2D eigenvalue weighted by molar-refractivity contribution is 6.01. The summed E-state index contributed by atoms with van der Waals surface area (Å²) in [5, 5.41) is 2.93. The molecule has 1 aliphatic rings. The zero-order valence-corrected chi connectivity index (χ0v) is 17.3. The molecule has 1 unspecified atom stereocenters. The van der Waals surface area contributed by atoms with Gasteiger partial charge in [-0.25, -0.2) is 9.59 Å². The zero-order chi connectivity index (χ0) is 22.4. The van der Waals surface area contributed by atoms with E-state index in [2.05, 4.69) is 10.2 Å². The summed E-state index contributed by atoms with van der Waals surface area (Å²) >= 11 is 0. The van der Waals surface area contributed by atoms with E-state index in [1.54, 1.807) is 32.9 Å². The molecule has 0 radical (unpaired) electrons. The van der Waals surface area contributed by atoms with Crippen molar-refractivity contribution in [2.45, 2.75) is 59.6 Å². The number of benzene rings is 1. The SMILES string of the molecule is CCC(=O)NC(C)C(=O)Oc1c(C)cc(COC(=O)ON2C(=O)CCC2=O)cc1C. The molecule has 1 aliphatic heterocycles. The Morgan fingerprint density at radius 1 is 1.10 bits per heavy atom. The molecular formula is C20H24N2O8. The number of amides is 3. The van der Waals surface area contributed by atoms with E-state index in [0.717, 1.165) is 0 Å². The van der Waals surface area contributed by atoms with Crippen molar-refractivity contribution in [2.75, 3.05) is 0 Å². The molecule has 1 N–H and O–H groups in total. The van der Waals surface area contributed by atoms with Crippen molar-refractivity contribution in [3.63, 3.8) is 0 Å². The summed E-state index contributed by atoms with van der Waals surface area (Å²) in [5.74, 6) is -1.71. The van der Waals surface area contributed by atoms with Gasteiger partial charge in [0.2, 0.25) is 5.91 Å². The number of esters is 1. The third-order valence-corrected chi connectivity index (χ3v) is 4.30. The number of nitrogens with zero attached hydrogens (tertiary/aromatic N) is 1. The van der Waals surface area contributed by atoms with Crippen molar-refractivity contribution in [3.8, 4) is 5.75 Å². The van der Waals surface area contributed by atoms with Gasteiger partial charge >= 0.3 is 12.1 Å². The number of carbonyl (C=O) groups is 5. The lowest BCUT2D eigenvalue weighted by molar-refractivity contribution is -0.177. The predicted octanol–water partition coefficient (Wildman–Crippen LogP) is 1.84.